The van der Waals surface area contributed by atoms with Gasteiger partial charge in [0.1, 0.15) is 11.5 Å². The van der Waals surface area contributed by atoms with Crippen molar-refractivity contribution in [2.24, 2.45) is 0 Å². The fourth-order valence-electron chi connectivity index (χ4n) is 1.07. The molecule has 0 saturated carbocycles. The van der Waals surface area contributed by atoms with E-state index < -0.39 is 5.91 Å². The first-order valence-electron chi connectivity index (χ1n) is 4.72. The summed E-state index contributed by atoms with van der Waals surface area (Å²) in [5.74, 6) is -0.349. The Bertz CT molecular complexity index is 450. The number of hydroxylamine groups is 2. The number of nitrogens with one attached hydrogen (secondary N) is 1. The van der Waals surface area contributed by atoms with E-state index in [1.807, 2.05) is 0 Å². The molecule has 0 unspecified atom stereocenters. The van der Waals surface area contributed by atoms with E-state index >= 15 is 0 Å². The first-order valence-corrected chi connectivity index (χ1v) is 5.51. The van der Waals surface area contributed by atoms with E-state index in [9.17, 15) is 9.59 Å². The molecule has 0 atom stereocenters. The van der Waals surface area contributed by atoms with Gasteiger partial charge in [0.05, 0.1) is 7.11 Å². The minimum atomic E-state index is -0.411. The highest BCUT2D eigenvalue weighted by atomic mass is 79.9. The zero-order valence-corrected chi connectivity index (χ0v) is 11.2. The molecule has 92 valence electrons. The Balaban J connectivity index is 3.06. The van der Waals surface area contributed by atoms with Gasteiger partial charge in [0, 0.05) is 18.4 Å². The molecule has 7 heteroatoms. The van der Waals surface area contributed by atoms with E-state index in [0.29, 0.717) is 10.3 Å². The van der Waals surface area contributed by atoms with E-state index in [4.69, 9.17) is 4.84 Å². The number of rotatable bonds is 3. The van der Waals surface area contributed by atoms with Crippen molar-refractivity contribution in [1.29, 1.82) is 0 Å². The van der Waals surface area contributed by atoms with E-state index in [1.165, 1.54) is 21.1 Å². The molecule has 0 aliphatic rings. The van der Waals surface area contributed by atoms with Gasteiger partial charge in [-0.1, -0.05) is 0 Å². The predicted molar refractivity (Wildman–Crippen MR) is 65.3 cm³/mol. The van der Waals surface area contributed by atoms with Crippen molar-refractivity contribution in [2.75, 3.05) is 19.5 Å². The summed E-state index contributed by atoms with van der Waals surface area (Å²) < 4.78 is 0.528. The fraction of sp³-hybridized carbons (Fsp3) is 0.300. The molecule has 0 saturated heterocycles. The van der Waals surface area contributed by atoms with Crippen LogP contribution in [0.25, 0.3) is 0 Å². The number of nitrogens with zero attached hydrogens (tertiary/aromatic N) is 2. The van der Waals surface area contributed by atoms with Gasteiger partial charge in [0.2, 0.25) is 5.91 Å². The zero-order chi connectivity index (χ0) is 13.0. The average molecular weight is 302 g/mol. The molecule has 2 amide bonds. The van der Waals surface area contributed by atoms with Crippen molar-refractivity contribution in [3.05, 3.63) is 22.3 Å². The quantitative estimate of drug-likeness (QED) is 0.858. The smallest absolute Gasteiger partial charge is 0.296 e. The predicted octanol–water partition coefficient (Wildman–Crippen LogP) is 1.44. The van der Waals surface area contributed by atoms with Gasteiger partial charge in [-0.25, -0.2) is 10.0 Å². The molecule has 0 fully saturated rings. The number of anilines is 1. The van der Waals surface area contributed by atoms with E-state index in [-0.39, 0.29) is 11.6 Å². The van der Waals surface area contributed by atoms with Gasteiger partial charge in [0.25, 0.3) is 5.91 Å². The molecule has 0 spiro atoms. The monoisotopic (exact) mass is 301 g/mol. The van der Waals surface area contributed by atoms with Crippen LogP contribution in [0.5, 0.6) is 0 Å². The minimum Gasteiger partial charge on any atom is -0.311 e. The third-order valence-corrected chi connectivity index (χ3v) is 2.55. The van der Waals surface area contributed by atoms with Gasteiger partial charge in [0.15, 0.2) is 0 Å². The lowest BCUT2D eigenvalue weighted by Gasteiger charge is -2.14. The molecular formula is C10H12BrN3O3. The molecule has 1 aromatic heterocycles. The van der Waals surface area contributed by atoms with Crippen LogP contribution < -0.4 is 5.32 Å². The molecule has 17 heavy (non-hydrogen) atoms. The van der Waals surface area contributed by atoms with Crippen LogP contribution in [0.3, 0.4) is 0 Å². The number of carbonyl (C=O) groups is 2. The first kappa shape index (κ1) is 13.6. The van der Waals surface area contributed by atoms with E-state index in [2.05, 4.69) is 26.2 Å². The van der Waals surface area contributed by atoms with Gasteiger partial charge >= 0.3 is 0 Å². The summed E-state index contributed by atoms with van der Waals surface area (Å²) in [6, 6.07) is 3.23. The van der Waals surface area contributed by atoms with Crippen molar-refractivity contribution in [3.8, 4) is 0 Å². The second-order valence-corrected chi connectivity index (χ2v) is 4.05. The normalized spacial score (nSPS) is 9.88. The van der Waals surface area contributed by atoms with Gasteiger partial charge in [-0.15, -0.1) is 0 Å². The number of hydrogen-bond donors (Lipinski definition) is 1. The number of carbonyl (C=O) groups excluding carboxylic acids is 2. The molecule has 0 aromatic carbocycles. The van der Waals surface area contributed by atoms with Crippen LogP contribution in [0.2, 0.25) is 0 Å². The third-order valence-electron chi connectivity index (χ3n) is 1.91. The van der Waals surface area contributed by atoms with Crippen LogP contribution in [0.4, 0.5) is 5.82 Å². The van der Waals surface area contributed by atoms with E-state index in [0.717, 1.165) is 5.06 Å². The summed E-state index contributed by atoms with van der Waals surface area (Å²) >= 11 is 3.22. The molecule has 0 aliphatic heterocycles. The highest BCUT2D eigenvalue weighted by molar-refractivity contribution is 9.10. The SMILES string of the molecule is CON(C)C(=O)c1nc(NC(C)=O)ccc1Br. The lowest BCUT2D eigenvalue weighted by Crippen LogP contribution is -2.27. The maximum absolute atomic E-state index is 11.8. The molecule has 0 bridgehead atoms. The average Bonchev–Trinajstić information content (AvgIpc) is 2.29. The summed E-state index contributed by atoms with van der Waals surface area (Å²) in [5.41, 5.74) is 0.167. The summed E-state index contributed by atoms with van der Waals surface area (Å²) in [5, 5.41) is 3.55. The lowest BCUT2D eigenvalue weighted by molar-refractivity contribution is -0.114. The van der Waals surface area contributed by atoms with Gasteiger partial charge in [-0.2, -0.15) is 0 Å². The van der Waals surface area contributed by atoms with Gasteiger partial charge in [-0.05, 0) is 28.1 Å². The number of pyridine rings is 1. The molecule has 1 aromatic rings. The van der Waals surface area contributed by atoms with Crippen LogP contribution in [-0.4, -0.2) is 36.0 Å². The number of halogens is 1. The maximum Gasteiger partial charge on any atom is 0.296 e. The van der Waals surface area contributed by atoms with Crippen molar-refractivity contribution in [3.63, 3.8) is 0 Å². The highest BCUT2D eigenvalue weighted by Gasteiger charge is 2.17. The second kappa shape index (κ2) is 5.74. The summed E-state index contributed by atoms with van der Waals surface area (Å²) in [7, 11) is 2.85. The minimum absolute atomic E-state index is 0.167. The van der Waals surface area contributed by atoms with Crippen LogP contribution >= 0.6 is 15.9 Å². The third kappa shape index (κ3) is 3.50. The Kier molecular flexibility index (Phi) is 4.59. The number of hydrogen-bond acceptors (Lipinski definition) is 4. The number of aromatic nitrogens is 1. The fourth-order valence-corrected chi connectivity index (χ4v) is 1.46. The summed E-state index contributed by atoms with van der Waals surface area (Å²) in [6.45, 7) is 1.37. The van der Waals surface area contributed by atoms with Crippen LogP contribution in [0, 0.1) is 0 Å². The zero-order valence-electron chi connectivity index (χ0n) is 9.65. The van der Waals surface area contributed by atoms with Crippen molar-refractivity contribution in [1.82, 2.24) is 10.0 Å². The molecule has 0 radical (unpaired) electrons. The molecule has 1 N–H and O–H groups in total. The van der Waals surface area contributed by atoms with Gasteiger partial charge in [-0.3, -0.25) is 14.4 Å². The molecule has 1 heterocycles. The topological polar surface area (TPSA) is 71.5 Å². The highest BCUT2D eigenvalue weighted by Crippen LogP contribution is 2.18. The molecule has 1 rings (SSSR count). The lowest BCUT2D eigenvalue weighted by atomic mass is 10.3. The van der Waals surface area contributed by atoms with Crippen molar-refractivity contribution >= 4 is 33.6 Å². The van der Waals surface area contributed by atoms with E-state index in [1.54, 1.807) is 12.1 Å². The van der Waals surface area contributed by atoms with Crippen molar-refractivity contribution < 1.29 is 14.4 Å². The molecule has 0 aliphatic carbocycles. The van der Waals surface area contributed by atoms with Crippen LogP contribution in [0.1, 0.15) is 17.4 Å². The molecule has 6 nitrogen and oxygen atoms in total. The Morgan fingerprint density at radius 1 is 1.47 bits per heavy atom. The summed E-state index contributed by atoms with van der Waals surface area (Å²) in [4.78, 5) is 31.5. The van der Waals surface area contributed by atoms with Crippen molar-refractivity contribution in [2.45, 2.75) is 6.92 Å². The Morgan fingerprint density at radius 3 is 2.65 bits per heavy atom. The largest absolute Gasteiger partial charge is 0.311 e. The summed E-state index contributed by atoms with van der Waals surface area (Å²) in [6.07, 6.45) is 0. The van der Waals surface area contributed by atoms with Gasteiger partial charge < -0.3 is 5.32 Å². The Labute approximate surface area is 107 Å². The maximum atomic E-state index is 11.8. The van der Waals surface area contributed by atoms with Crippen LogP contribution in [-0.2, 0) is 9.63 Å². The first-order chi connectivity index (χ1) is 7.95. The number of amides is 2. The second-order valence-electron chi connectivity index (χ2n) is 3.19. The molecular weight excluding hydrogens is 290 g/mol. The standard InChI is InChI=1S/C10H12BrN3O3/c1-6(15)12-8-5-4-7(11)9(13-8)10(16)14(2)17-3/h4-5H,1-3H3,(H,12,13,15). The Morgan fingerprint density at radius 2 is 2.12 bits per heavy atom. The Hall–Kier alpha value is -1.47. The van der Waals surface area contributed by atoms with Crippen LogP contribution in [0.15, 0.2) is 16.6 Å².